The third-order valence-electron chi connectivity index (χ3n) is 9.35. The number of hydrogen-bond acceptors (Lipinski definition) is 0. The Morgan fingerprint density at radius 3 is 1.81 bits per heavy atom. The maximum absolute atomic E-state index is 3.79. The molecule has 5 aliphatic rings. The van der Waals surface area contributed by atoms with Crippen molar-refractivity contribution in [3.63, 3.8) is 0 Å². The van der Waals surface area contributed by atoms with Crippen LogP contribution < -0.4 is 0 Å². The van der Waals surface area contributed by atoms with Crippen LogP contribution in [0.2, 0.25) is 0 Å². The van der Waals surface area contributed by atoms with Gasteiger partial charge in [-0.05, 0) is 85.4 Å². The Labute approximate surface area is 169 Å². The first-order valence-corrected chi connectivity index (χ1v) is 12.7. The molecular weight excluding hydrogens is 380 g/mol. The molecule has 0 N–H and O–H groups in total. The smallest absolute Gasteiger partial charge is 0.000529 e. The van der Waals surface area contributed by atoms with E-state index in [9.17, 15) is 0 Å². The van der Waals surface area contributed by atoms with Gasteiger partial charge in [0.2, 0.25) is 0 Å². The predicted octanol–water partition coefficient (Wildman–Crippen LogP) is 8.18. The van der Waals surface area contributed by atoms with Gasteiger partial charge in [0.15, 0.2) is 0 Å². The molecule has 0 nitrogen and oxygen atoms in total. The Kier molecular flexibility index (Phi) is 5.14. The van der Waals surface area contributed by atoms with Crippen LogP contribution in [0.5, 0.6) is 0 Å². The molecule has 0 aromatic rings. The second-order valence-electron chi connectivity index (χ2n) is 10.2. The summed E-state index contributed by atoms with van der Waals surface area (Å²) in [7, 11) is 0. The molecule has 5 rings (SSSR count). The van der Waals surface area contributed by atoms with Gasteiger partial charge in [-0.15, -0.1) is 0 Å². The zero-order chi connectivity index (χ0) is 17.6. The zero-order valence-corrected chi connectivity index (χ0v) is 18.1. The molecule has 0 saturated heterocycles. The van der Waals surface area contributed by atoms with Crippen molar-refractivity contribution in [3.8, 4) is 0 Å². The quantitative estimate of drug-likeness (QED) is 0.425. The fourth-order valence-electron chi connectivity index (χ4n) is 8.70. The summed E-state index contributed by atoms with van der Waals surface area (Å²) in [6.07, 6.45) is 27.5. The van der Waals surface area contributed by atoms with Gasteiger partial charge in [0.25, 0.3) is 0 Å². The standard InChI is InChI=1S/C25H37Br/c26-20-16-14-19(15-17-20)25(18-8-2-1-3-9-18)23-12-6-4-10-21(23)22-11-5-7-13-24(22)25/h14,16,18,21-24H,1-13,15,17H2. The lowest BCUT2D eigenvalue weighted by molar-refractivity contribution is 0.0256. The van der Waals surface area contributed by atoms with Crippen molar-refractivity contribution in [1.82, 2.24) is 0 Å². The topological polar surface area (TPSA) is 0 Å². The van der Waals surface area contributed by atoms with E-state index in [0.29, 0.717) is 5.41 Å². The van der Waals surface area contributed by atoms with E-state index in [4.69, 9.17) is 0 Å². The minimum Gasteiger partial charge on any atom is -0.0628 e. The van der Waals surface area contributed by atoms with E-state index in [1.807, 2.05) is 5.57 Å². The molecule has 4 atom stereocenters. The van der Waals surface area contributed by atoms with Gasteiger partial charge >= 0.3 is 0 Å². The highest BCUT2D eigenvalue weighted by Crippen LogP contribution is 2.70. The van der Waals surface area contributed by atoms with Crippen LogP contribution in [0, 0.1) is 35.0 Å². The molecule has 26 heavy (non-hydrogen) atoms. The highest BCUT2D eigenvalue weighted by Gasteiger charge is 2.63. The van der Waals surface area contributed by atoms with E-state index in [-0.39, 0.29) is 0 Å². The van der Waals surface area contributed by atoms with Crippen molar-refractivity contribution in [2.24, 2.45) is 35.0 Å². The molecular formula is C25H37Br. The average Bonchev–Trinajstić information content (AvgIpc) is 3.01. The summed E-state index contributed by atoms with van der Waals surface area (Å²) in [5.74, 6) is 5.22. The number of allylic oxidation sites excluding steroid dienone is 4. The summed E-state index contributed by atoms with van der Waals surface area (Å²) < 4.78 is 1.43. The van der Waals surface area contributed by atoms with Crippen molar-refractivity contribution in [2.75, 3.05) is 0 Å². The van der Waals surface area contributed by atoms with Crippen molar-refractivity contribution < 1.29 is 0 Å². The second-order valence-corrected chi connectivity index (χ2v) is 11.2. The molecule has 0 amide bonds. The van der Waals surface area contributed by atoms with E-state index in [0.717, 1.165) is 29.6 Å². The monoisotopic (exact) mass is 416 g/mol. The maximum atomic E-state index is 3.79. The van der Waals surface area contributed by atoms with Crippen LogP contribution >= 0.6 is 15.9 Å². The maximum Gasteiger partial charge on any atom is 0.000529 e. The molecule has 0 aliphatic heterocycles. The zero-order valence-electron chi connectivity index (χ0n) is 16.5. The lowest BCUT2D eigenvalue weighted by atomic mass is 9.52. The summed E-state index contributed by atoms with van der Waals surface area (Å²) in [4.78, 5) is 0. The minimum absolute atomic E-state index is 0.598. The normalized spacial score (nSPS) is 44.0. The first-order chi connectivity index (χ1) is 12.8. The third-order valence-corrected chi connectivity index (χ3v) is 10.0. The molecule has 144 valence electrons. The van der Waals surface area contributed by atoms with Crippen LogP contribution in [0.15, 0.2) is 22.2 Å². The number of halogens is 1. The molecule has 4 fully saturated rings. The molecule has 0 bridgehead atoms. The first kappa shape index (κ1) is 18.0. The Morgan fingerprint density at radius 1 is 0.654 bits per heavy atom. The van der Waals surface area contributed by atoms with Crippen molar-refractivity contribution >= 4 is 15.9 Å². The molecule has 1 heteroatoms. The minimum atomic E-state index is 0.598. The average molecular weight is 417 g/mol. The SMILES string of the molecule is BrC1=CC=C(C2(C3CCCCC3)C3CCCCC3C3CCCCC32)CC1. The summed E-state index contributed by atoms with van der Waals surface area (Å²) in [6.45, 7) is 0. The van der Waals surface area contributed by atoms with Crippen LogP contribution in [0.25, 0.3) is 0 Å². The highest BCUT2D eigenvalue weighted by atomic mass is 79.9. The third kappa shape index (κ3) is 2.73. The van der Waals surface area contributed by atoms with Crippen LogP contribution in [-0.4, -0.2) is 0 Å². The van der Waals surface area contributed by atoms with Gasteiger partial charge in [-0.1, -0.05) is 78.6 Å². The van der Waals surface area contributed by atoms with Gasteiger partial charge in [0.1, 0.15) is 0 Å². The molecule has 4 unspecified atom stereocenters. The van der Waals surface area contributed by atoms with Crippen molar-refractivity contribution in [1.29, 1.82) is 0 Å². The molecule has 0 radical (unpaired) electrons. The van der Waals surface area contributed by atoms with E-state index in [2.05, 4.69) is 28.1 Å². The van der Waals surface area contributed by atoms with Gasteiger partial charge in [-0.25, -0.2) is 0 Å². The van der Waals surface area contributed by atoms with Crippen LogP contribution in [-0.2, 0) is 0 Å². The number of rotatable bonds is 2. The van der Waals surface area contributed by atoms with E-state index < -0.39 is 0 Å². The Bertz CT molecular complexity index is 557. The fourth-order valence-corrected chi connectivity index (χ4v) is 9.03. The van der Waals surface area contributed by atoms with Gasteiger partial charge in [-0.2, -0.15) is 0 Å². The summed E-state index contributed by atoms with van der Waals surface area (Å²) >= 11 is 3.79. The Hall–Kier alpha value is -0.0400. The summed E-state index contributed by atoms with van der Waals surface area (Å²) in [5, 5.41) is 0. The number of hydrogen-bond donors (Lipinski definition) is 0. The van der Waals surface area contributed by atoms with E-state index in [1.54, 1.807) is 25.7 Å². The highest BCUT2D eigenvalue weighted by molar-refractivity contribution is 9.11. The van der Waals surface area contributed by atoms with Crippen molar-refractivity contribution in [2.45, 2.75) is 96.3 Å². The molecule has 4 saturated carbocycles. The van der Waals surface area contributed by atoms with Gasteiger partial charge < -0.3 is 0 Å². The predicted molar refractivity (Wildman–Crippen MR) is 114 cm³/mol. The van der Waals surface area contributed by atoms with Gasteiger partial charge in [0, 0.05) is 5.41 Å². The summed E-state index contributed by atoms with van der Waals surface area (Å²) in [6, 6.07) is 0. The van der Waals surface area contributed by atoms with Gasteiger partial charge in [0.05, 0.1) is 0 Å². The molecule has 0 heterocycles. The second kappa shape index (κ2) is 7.41. The largest absolute Gasteiger partial charge is 0.0628 e. The van der Waals surface area contributed by atoms with Gasteiger partial charge in [-0.3, -0.25) is 0 Å². The first-order valence-electron chi connectivity index (χ1n) is 11.9. The Morgan fingerprint density at radius 2 is 1.23 bits per heavy atom. The Balaban J connectivity index is 1.63. The van der Waals surface area contributed by atoms with Crippen molar-refractivity contribution in [3.05, 3.63) is 22.2 Å². The van der Waals surface area contributed by atoms with Crippen LogP contribution in [0.1, 0.15) is 96.3 Å². The van der Waals surface area contributed by atoms with Crippen LogP contribution in [0.3, 0.4) is 0 Å². The van der Waals surface area contributed by atoms with E-state index in [1.165, 1.54) is 75.1 Å². The molecule has 0 spiro atoms. The molecule has 0 aromatic carbocycles. The van der Waals surface area contributed by atoms with Crippen LogP contribution in [0.4, 0.5) is 0 Å². The number of fused-ring (bicyclic) bond motifs is 3. The fraction of sp³-hybridized carbons (Fsp3) is 0.840. The lowest BCUT2D eigenvalue weighted by Gasteiger charge is -2.52. The molecule has 5 aliphatic carbocycles. The summed E-state index contributed by atoms with van der Waals surface area (Å²) in [5.41, 5.74) is 2.51. The molecule has 0 aromatic heterocycles. The van der Waals surface area contributed by atoms with E-state index >= 15 is 0 Å². The lowest BCUT2D eigenvalue weighted by Crippen LogP contribution is -2.45.